The quantitative estimate of drug-likeness (QED) is 0.681. The summed E-state index contributed by atoms with van der Waals surface area (Å²) >= 11 is 0. The van der Waals surface area contributed by atoms with Crippen molar-refractivity contribution in [2.75, 3.05) is 11.3 Å². The molecule has 1 aliphatic heterocycles. The molecule has 1 N–H and O–H groups in total. The summed E-state index contributed by atoms with van der Waals surface area (Å²) in [7, 11) is -3.72. The molecule has 0 fully saturated rings. The van der Waals surface area contributed by atoms with E-state index >= 15 is 0 Å². The molecule has 1 amide bonds. The molecule has 0 bridgehead atoms. The second-order valence-electron chi connectivity index (χ2n) is 7.74. The second-order valence-corrected chi connectivity index (χ2v) is 9.40. The molecule has 0 saturated carbocycles. The maximum Gasteiger partial charge on any atom is 0.289 e. The van der Waals surface area contributed by atoms with Gasteiger partial charge in [0.15, 0.2) is 5.76 Å². The van der Waals surface area contributed by atoms with Crippen LogP contribution < -0.4 is 4.72 Å². The minimum Gasteiger partial charge on any atom is -0.459 e. The Bertz CT molecular complexity index is 1210. The highest BCUT2D eigenvalue weighted by Gasteiger charge is 2.24. The lowest BCUT2D eigenvalue weighted by Gasteiger charge is -2.28. The van der Waals surface area contributed by atoms with Crippen molar-refractivity contribution in [1.29, 1.82) is 0 Å². The molecule has 4 rings (SSSR count). The highest BCUT2D eigenvalue weighted by Crippen LogP contribution is 2.27. The first kappa shape index (κ1) is 20.2. The normalized spacial score (nSPS) is 13.8. The average molecular weight is 425 g/mol. The number of hydrogen-bond acceptors (Lipinski definition) is 4. The van der Waals surface area contributed by atoms with Gasteiger partial charge >= 0.3 is 0 Å². The van der Waals surface area contributed by atoms with Crippen molar-refractivity contribution >= 4 is 21.6 Å². The molecule has 0 radical (unpaired) electrons. The lowest BCUT2D eigenvalue weighted by molar-refractivity contribution is 0.0702. The summed E-state index contributed by atoms with van der Waals surface area (Å²) in [5.74, 6) is 0.142. The zero-order valence-corrected chi connectivity index (χ0v) is 18.0. The van der Waals surface area contributed by atoms with Crippen molar-refractivity contribution in [3.05, 3.63) is 82.3 Å². The number of rotatable bonds is 4. The van der Waals surface area contributed by atoms with E-state index < -0.39 is 10.0 Å². The first-order valence-corrected chi connectivity index (χ1v) is 11.3. The number of anilines is 1. The Morgan fingerprint density at radius 1 is 1.00 bits per heavy atom. The number of fused-ring (bicyclic) bond motifs is 1. The summed E-state index contributed by atoms with van der Waals surface area (Å²) in [5, 5.41) is 0. The summed E-state index contributed by atoms with van der Waals surface area (Å²) < 4.78 is 33.9. The van der Waals surface area contributed by atoms with Gasteiger partial charge < -0.3 is 9.32 Å². The van der Waals surface area contributed by atoms with E-state index in [0.717, 1.165) is 22.3 Å². The molecular formula is C23H24N2O4S. The van der Waals surface area contributed by atoms with Gasteiger partial charge in [-0.3, -0.25) is 9.52 Å². The fourth-order valence-electron chi connectivity index (χ4n) is 3.78. The third kappa shape index (κ3) is 3.85. The van der Waals surface area contributed by atoms with E-state index in [-0.39, 0.29) is 10.8 Å². The Morgan fingerprint density at radius 3 is 2.50 bits per heavy atom. The fraction of sp³-hybridized carbons (Fsp3) is 0.261. The van der Waals surface area contributed by atoms with Crippen molar-refractivity contribution in [2.45, 2.75) is 38.6 Å². The van der Waals surface area contributed by atoms with Gasteiger partial charge in [-0.1, -0.05) is 12.1 Å². The van der Waals surface area contributed by atoms with Gasteiger partial charge in [-0.2, -0.15) is 0 Å². The summed E-state index contributed by atoms with van der Waals surface area (Å²) in [5.41, 5.74) is 5.22. The van der Waals surface area contributed by atoms with E-state index in [1.807, 2.05) is 32.0 Å². The Balaban J connectivity index is 1.58. The fourth-order valence-corrected chi connectivity index (χ4v) is 5.15. The molecule has 1 aliphatic rings. The molecule has 7 heteroatoms. The van der Waals surface area contributed by atoms with Crippen LogP contribution in [-0.4, -0.2) is 25.8 Å². The number of sulfonamides is 1. The molecule has 2 heterocycles. The highest BCUT2D eigenvalue weighted by molar-refractivity contribution is 7.92. The predicted molar refractivity (Wildman–Crippen MR) is 115 cm³/mol. The minimum absolute atomic E-state index is 0.164. The number of carbonyl (C=O) groups is 1. The minimum atomic E-state index is -3.72. The molecule has 30 heavy (non-hydrogen) atoms. The number of nitrogens with zero attached hydrogens (tertiary/aromatic N) is 1. The number of carbonyl (C=O) groups excluding carboxylic acids is 1. The molecule has 6 nitrogen and oxygen atoms in total. The lowest BCUT2D eigenvalue weighted by Crippen LogP contribution is -2.35. The van der Waals surface area contributed by atoms with Crippen molar-refractivity contribution in [3.63, 3.8) is 0 Å². The molecule has 0 unspecified atom stereocenters. The van der Waals surface area contributed by atoms with Crippen LogP contribution in [-0.2, 0) is 23.0 Å². The smallest absolute Gasteiger partial charge is 0.289 e. The monoisotopic (exact) mass is 424 g/mol. The van der Waals surface area contributed by atoms with E-state index in [4.69, 9.17) is 4.42 Å². The Morgan fingerprint density at radius 2 is 1.77 bits per heavy atom. The van der Waals surface area contributed by atoms with Crippen LogP contribution in [0.2, 0.25) is 0 Å². The van der Waals surface area contributed by atoms with Gasteiger partial charge in [0, 0.05) is 18.8 Å². The van der Waals surface area contributed by atoms with Gasteiger partial charge in [0.2, 0.25) is 0 Å². The van der Waals surface area contributed by atoms with Crippen LogP contribution in [0.3, 0.4) is 0 Å². The van der Waals surface area contributed by atoms with Crippen LogP contribution in [0.5, 0.6) is 0 Å². The van der Waals surface area contributed by atoms with Crippen molar-refractivity contribution in [3.8, 4) is 0 Å². The number of aryl methyl sites for hydroxylation is 3. The predicted octanol–water partition coefficient (Wildman–Crippen LogP) is 4.20. The van der Waals surface area contributed by atoms with Gasteiger partial charge in [-0.05, 0) is 85.3 Å². The van der Waals surface area contributed by atoms with E-state index in [0.29, 0.717) is 36.5 Å². The standard InChI is InChI=1S/C23H24N2O4S/c1-15-11-17(3)22(12-16(15)2)30(27,28)24-20-7-6-18-8-9-25(14-19(18)13-20)23(26)21-5-4-10-29-21/h4-7,10-13,24H,8-9,14H2,1-3H3. The van der Waals surface area contributed by atoms with Crippen LogP contribution in [0.4, 0.5) is 5.69 Å². The van der Waals surface area contributed by atoms with Crippen LogP contribution >= 0.6 is 0 Å². The van der Waals surface area contributed by atoms with Crippen molar-refractivity contribution < 1.29 is 17.6 Å². The summed E-state index contributed by atoms with van der Waals surface area (Å²) in [6.07, 6.45) is 2.19. The highest BCUT2D eigenvalue weighted by atomic mass is 32.2. The molecule has 1 aromatic heterocycles. The Kier molecular flexibility index (Phi) is 5.15. The first-order chi connectivity index (χ1) is 14.2. The van der Waals surface area contributed by atoms with Crippen LogP contribution in [0.15, 0.2) is 58.0 Å². The van der Waals surface area contributed by atoms with E-state index in [9.17, 15) is 13.2 Å². The molecule has 0 aliphatic carbocycles. The second kappa shape index (κ2) is 7.65. The molecule has 0 spiro atoms. The third-order valence-corrected chi connectivity index (χ3v) is 7.09. The van der Waals surface area contributed by atoms with Gasteiger partial charge in [0.05, 0.1) is 11.2 Å². The van der Waals surface area contributed by atoms with E-state index in [1.165, 1.54) is 6.26 Å². The SMILES string of the molecule is Cc1cc(C)c(S(=O)(=O)Nc2ccc3c(c2)CN(C(=O)c2ccco2)CC3)cc1C. The number of benzene rings is 2. The third-order valence-electron chi connectivity index (χ3n) is 5.57. The van der Waals surface area contributed by atoms with Gasteiger partial charge in [0.25, 0.3) is 15.9 Å². The Labute approximate surface area is 176 Å². The zero-order chi connectivity index (χ0) is 21.5. The summed E-state index contributed by atoms with van der Waals surface area (Å²) in [4.78, 5) is 14.6. The van der Waals surface area contributed by atoms with E-state index in [2.05, 4.69) is 4.72 Å². The van der Waals surface area contributed by atoms with Gasteiger partial charge in [-0.15, -0.1) is 0 Å². The van der Waals surface area contributed by atoms with Crippen molar-refractivity contribution in [2.24, 2.45) is 0 Å². The number of hydrogen-bond donors (Lipinski definition) is 1. The van der Waals surface area contributed by atoms with Crippen molar-refractivity contribution in [1.82, 2.24) is 4.90 Å². The Hall–Kier alpha value is -3.06. The van der Waals surface area contributed by atoms with Crippen LogP contribution in [0.25, 0.3) is 0 Å². The first-order valence-electron chi connectivity index (χ1n) is 9.80. The molecule has 3 aromatic rings. The maximum absolute atomic E-state index is 13.0. The summed E-state index contributed by atoms with van der Waals surface area (Å²) in [6, 6.07) is 12.4. The van der Waals surface area contributed by atoms with E-state index in [1.54, 1.807) is 36.1 Å². The zero-order valence-electron chi connectivity index (χ0n) is 17.2. The number of amides is 1. The summed E-state index contributed by atoms with van der Waals surface area (Å²) in [6.45, 7) is 6.67. The largest absolute Gasteiger partial charge is 0.459 e. The molecular weight excluding hydrogens is 400 g/mol. The van der Waals surface area contributed by atoms with Crippen LogP contribution in [0.1, 0.15) is 38.4 Å². The topological polar surface area (TPSA) is 79.6 Å². The molecule has 0 saturated heterocycles. The number of nitrogens with one attached hydrogen (secondary N) is 1. The molecule has 2 aromatic carbocycles. The lowest BCUT2D eigenvalue weighted by atomic mass is 9.99. The van der Waals surface area contributed by atoms with Gasteiger partial charge in [0.1, 0.15) is 0 Å². The van der Waals surface area contributed by atoms with Gasteiger partial charge in [-0.25, -0.2) is 8.42 Å². The molecule has 156 valence electrons. The number of furan rings is 1. The molecule has 0 atom stereocenters. The maximum atomic E-state index is 13.0. The van der Waals surface area contributed by atoms with Crippen LogP contribution in [0, 0.1) is 20.8 Å². The average Bonchev–Trinajstić information content (AvgIpc) is 3.24.